The summed E-state index contributed by atoms with van der Waals surface area (Å²) >= 11 is 0. The van der Waals surface area contributed by atoms with E-state index < -0.39 is 0 Å². The van der Waals surface area contributed by atoms with Crippen LogP contribution in [-0.4, -0.2) is 32.1 Å². The second-order valence-electron chi connectivity index (χ2n) is 6.09. The lowest BCUT2D eigenvalue weighted by Crippen LogP contribution is -2.05. The van der Waals surface area contributed by atoms with Crippen molar-refractivity contribution in [2.45, 2.75) is 6.92 Å². The minimum Gasteiger partial charge on any atom is -0.508 e. The molecule has 0 saturated carbocycles. The van der Waals surface area contributed by atoms with Gasteiger partial charge in [-0.15, -0.1) is 0 Å². The predicted octanol–water partition coefficient (Wildman–Crippen LogP) is 4.02. The fraction of sp³-hybridized carbons (Fsp3) is 0.0952. The number of ether oxygens (including phenoxy) is 1. The Labute approximate surface area is 161 Å². The third-order valence-corrected chi connectivity index (χ3v) is 4.21. The van der Waals surface area contributed by atoms with Gasteiger partial charge >= 0.3 is 5.97 Å². The van der Waals surface area contributed by atoms with E-state index in [1.807, 2.05) is 16.7 Å². The minimum absolute atomic E-state index is 0.186. The Balaban J connectivity index is 1.78. The van der Waals surface area contributed by atoms with Crippen LogP contribution in [0.5, 0.6) is 5.75 Å². The van der Waals surface area contributed by atoms with Gasteiger partial charge in [0, 0.05) is 23.6 Å². The zero-order valence-electron chi connectivity index (χ0n) is 15.2. The van der Waals surface area contributed by atoms with Crippen molar-refractivity contribution in [3.63, 3.8) is 0 Å². The standard InChI is InChI=1S/C21H18N4O3/c1-2-28-21(27)15-4-3-5-16(12-15)23-20-19(14-6-8-17(26)9-7-14)24-18-13-22-10-11-25(18)20/h3-13,23,26H,2H2,1H3. The number of phenols is 1. The van der Waals surface area contributed by atoms with Crippen LogP contribution < -0.4 is 5.32 Å². The number of imidazole rings is 1. The molecule has 2 aromatic carbocycles. The fourth-order valence-corrected chi connectivity index (χ4v) is 2.92. The number of carbonyl (C=O) groups is 1. The highest BCUT2D eigenvalue weighted by molar-refractivity contribution is 5.91. The lowest BCUT2D eigenvalue weighted by Gasteiger charge is -2.10. The summed E-state index contributed by atoms with van der Waals surface area (Å²) in [7, 11) is 0. The number of hydrogen-bond acceptors (Lipinski definition) is 6. The van der Waals surface area contributed by atoms with Crippen LogP contribution in [0.1, 0.15) is 17.3 Å². The molecule has 0 bridgehead atoms. The van der Waals surface area contributed by atoms with Crippen LogP contribution in [-0.2, 0) is 4.74 Å². The van der Waals surface area contributed by atoms with Gasteiger partial charge < -0.3 is 15.2 Å². The first-order chi connectivity index (χ1) is 13.7. The molecule has 0 atom stereocenters. The van der Waals surface area contributed by atoms with E-state index in [2.05, 4.69) is 15.3 Å². The first-order valence-electron chi connectivity index (χ1n) is 8.81. The highest BCUT2D eigenvalue weighted by Gasteiger charge is 2.15. The fourth-order valence-electron chi connectivity index (χ4n) is 2.92. The molecule has 0 radical (unpaired) electrons. The second kappa shape index (κ2) is 7.40. The number of benzene rings is 2. The van der Waals surface area contributed by atoms with Crippen LogP contribution in [0.3, 0.4) is 0 Å². The first-order valence-corrected chi connectivity index (χ1v) is 8.81. The lowest BCUT2D eigenvalue weighted by atomic mass is 10.1. The van der Waals surface area contributed by atoms with Gasteiger partial charge in [-0.25, -0.2) is 9.78 Å². The predicted molar refractivity (Wildman–Crippen MR) is 106 cm³/mol. The number of phenolic OH excluding ortho intramolecular Hbond substituents is 1. The third-order valence-electron chi connectivity index (χ3n) is 4.21. The van der Waals surface area contributed by atoms with Crippen molar-refractivity contribution >= 4 is 23.1 Å². The van der Waals surface area contributed by atoms with Gasteiger partial charge in [-0.05, 0) is 49.4 Å². The smallest absolute Gasteiger partial charge is 0.338 e. The topological polar surface area (TPSA) is 88.8 Å². The second-order valence-corrected chi connectivity index (χ2v) is 6.09. The Hall–Kier alpha value is -3.87. The number of carbonyl (C=O) groups excluding carboxylic acids is 1. The summed E-state index contributed by atoms with van der Waals surface area (Å²) < 4.78 is 6.96. The average Bonchev–Trinajstić information content (AvgIpc) is 3.07. The number of aromatic hydroxyl groups is 1. The summed E-state index contributed by atoms with van der Waals surface area (Å²) in [4.78, 5) is 20.8. The molecule has 0 spiro atoms. The Kier molecular flexibility index (Phi) is 4.63. The normalized spacial score (nSPS) is 10.8. The summed E-state index contributed by atoms with van der Waals surface area (Å²) in [6.07, 6.45) is 5.16. The van der Waals surface area contributed by atoms with E-state index in [0.29, 0.717) is 23.5 Å². The van der Waals surface area contributed by atoms with Crippen molar-refractivity contribution in [3.05, 3.63) is 72.7 Å². The largest absolute Gasteiger partial charge is 0.508 e. The molecule has 0 aliphatic carbocycles. The van der Waals surface area contributed by atoms with E-state index in [-0.39, 0.29) is 11.7 Å². The number of nitrogens with one attached hydrogen (secondary N) is 1. The van der Waals surface area contributed by atoms with Crippen molar-refractivity contribution in [1.82, 2.24) is 14.4 Å². The van der Waals surface area contributed by atoms with Crippen LogP contribution >= 0.6 is 0 Å². The van der Waals surface area contributed by atoms with Crippen LogP contribution in [0.25, 0.3) is 16.9 Å². The SMILES string of the molecule is CCOC(=O)c1cccc(Nc2c(-c3ccc(O)cc3)nc3cnccn23)c1. The summed E-state index contributed by atoms with van der Waals surface area (Å²) in [6, 6.07) is 13.9. The van der Waals surface area contributed by atoms with Gasteiger partial charge in [-0.2, -0.15) is 0 Å². The number of aromatic nitrogens is 3. The van der Waals surface area contributed by atoms with Gasteiger partial charge in [-0.1, -0.05) is 6.07 Å². The monoisotopic (exact) mass is 374 g/mol. The highest BCUT2D eigenvalue weighted by Crippen LogP contribution is 2.32. The van der Waals surface area contributed by atoms with Crippen LogP contribution in [0.15, 0.2) is 67.1 Å². The maximum Gasteiger partial charge on any atom is 0.338 e. The summed E-state index contributed by atoms with van der Waals surface area (Å²) in [5, 5.41) is 12.9. The Bertz CT molecular complexity index is 1140. The number of esters is 1. The molecular formula is C21H18N4O3. The van der Waals surface area contributed by atoms with Crippen LogP contribution in [0.4, 0.5) is 11.5 Å². The zero-order chi connectivity index (χ0) is 19.5. The van der Waals surface area contributed by atoms with E-state index in [1.165, 1.54) is 0 Å². The first kappa shape index (κ1) is 17.5. The molecule has 28 heavy (non-hydrogen) atoms. The van der Waals surface area contributed by atoms with E-state index >= 15 is 0 Å². The third kappa shape index (κ3) is 3.37. The Morgan fingerprint density at radius 3 is 2.82 bits per heavy atom. The molecule has 4 rings (SSSR count). The maximum atomic E-state index is 12.0. The van der Waals surface area contributed by atoms with Gasteiger partial charge in [0.1, 0.15) is 17.3 Å². The summed E-state index contributed by atoms with van der Waals surface area (Å²) in [5.41, 5.74) is 3.41. The molecule has 0 unspecified atom stereocenters. The molecule has 2 heterocycles. The highest BCUT2D eigenvalue weighted by atomic mass is 16.5. The molecule has 0 amide bonds. The molecular weight excluding hydrogens is 356 g/mol. The van der Waals surface area contributed by atoms with E-state index in [4.69, 9.17) is 4.74 Å². The molecule has 7 nitrogen and oxygen atoms in total. The molecule has 0 saturated heterocycles. The van der Waals surface area contributed by atoms with Gasteiger partial charge in [0.25, 0.3) is 0 Å². The van der Waals surface area contributed by atoms with Crippen LogP contribution in [0.2, 0.25) is 0 Å². The number of hydrogen-bond donors (Lipinski definition) is 2. The number of nitrogens with zero attached hydrogens (tertiary/aromatic N) is 3. The molecule has 2 aromatic heterocycles. The van der Waals surface area contributed by atoms with Crippen molar-refractivity contribution < 1.29 is 14.6 Å². The number of fused-ring (bicyclic) bond motifs is 1. The van der Waals surface area contributed by atoms with Crippen molar-refractivity contribution in [2.75, 3.05) is 11.9 Å². The summed E-state index contributed by atoms with van der Waals surface area (Å²) in [5.74, 6) is 0.544. The Morgan fingerprint density at radius 1 is 1.21 bits per heavy atom. The molecule has 0 aliphatic rings. The van der Waals surface area contributed by atoms with Gasteiger partial charge in [0.2, 0.25) is 0 Å². The zero-order valence-corrected chi connectivity index (χ0v) is 15.2. The van der Waals surface area contributed by atoms with Crippen molar-refractivity contribution in [1.29, 1.82) is 0 Å². The van der Waals surface area contributed by atoms with Gasteiger partial charge in [0.05, 0.1) is 18.4 Å². The van der Waals surface area contributed by atoms with Crippen molar-refractivity contribution in [2.24, 2.45) is 0 Å². The molecule has 140 valence electrons. The van der Waals surface area contributed by atoms with Crippen molar-refractivity contribution in [3.8, 4) is 17.0 Å². The van der Waals surface area contributed by atoms with Gasteiger partial charge in [0.15, 0.2) is 5.65 Å². The maximum absolute atomic E-state index is 12.0. The number of anilines is 2. The molecule has 7 heteroatoms. The van der Waals surface area contributed by atoms with E-state index in [1.54, 1.807) is 61.8 Å². The molecule has 4 aromatic rings. The minimum atomic E-state index is -0.368. The van der Waals surface area contributed by atoms with E-state index in [9.17, 15) is 9.90 Å². The summed E-state index contributed by atoms with van der Waals surface area (Å²) in [6.45, 7) is 2.10. The Morgan fingerprint density at radius 2 is 2.04 bits per heavy atom. The van der Waals surface area contributed by atoms with Crippen LogP contribution in [0, 0.1) is 0 Å². The lowest BCUT2D eigenvalue weighted by molar-refractivity contribution is 0.0526. The molecule has 0 aliphatic heterocycles. The average molecular weight is 374 g/mol. The molecule has 2 N–H and O–H groups in total. The van der Waals surface area contributed by atoms with Gasteiger partial charge in [-0.3, -0.25) is 9.38 Å². The quantitative estimate of drug-likeness (QED) is 0.513. The molecule has 0 fully saturated rings. The number of rotatable bonds is 5. The van der Waals surface area contributed by atoms with E-state index in [0.717, 1.165) is 17.1 Å².